The van der Waals surface area contributed by atoms with E-state index in [4.69, 9.17) is 0 Å². The fourth-order valence-corrected chi connectivity index (χ4v) is 3.59. The summed E-state index contributed by atoms with van der Waals surface area (Å²) in [5.41, 5.74) is 2.50. The van der Waals surface area contributed by atoms with Crippen LogP contribution in [0.5, 0.6) is 0 Å². The summed E-state index contributed by atoms with van der Waals surface area (Å²) in [6.07, 6.45) is 3.84. The van der Waals surface area contributed by atoms with Crippen molar-refractivity contribution in [3.63, 3.8) is 0 Å². The molecule has 3 rings (SSSR count). The molecule has 1 aromatic carbocycles. The van der Waals surface area contributed by atoms with Crippen LogP contribution < -0.4 is 5.32 Å². The molecular formula is C16H24ClFN2. The van der Waals surface area contributed by atoms with Crippen molar-refractivity contribution in [2.75, 3.05) is 26.2 Å². The summed E-state index contributed by atoms with van der Waals surface area (Å²) in [5, 5.41) is 3.44. The Labute approximate surface area is 127 Å². The number of nitrogens with zero attached hydrogens (tertiary/aromatic N) is 1. The highest BCUT2D eigenvalue weighted by Crippen LogP contribution is 2.39. The van der Waals surface area contributed by atoms with Crippen LogP contribution in [0.4, 0.5) is 4.39 Å². The zero-order valence-corrected chi connectivity index (χ0v) is 12.9. The van der Waals surface area contributed by atoms with Gasteiger partial charge in [0.1, 0.15) is 5.82 Å². The second-order valence-electron chi connectivity index (χ2n) is 6.31. The van der Waals surface area contributed by atoms with Gasteiger partial charge in [0.25, 0.3) is 0 Å². The van der Waals surface area contributed by atoms with Crippen molar-refractivity contribution in [1.29, 1.82) is 0 Å². The molecule has 2 fully saturated rings. The summed E-state index contributed by atoms with van der Waals surface area (Å²) >= 11 is 0. The van der Waals surface area contributed by atoms with Crippen molar-refractivity contribution in [1.82, 2.24) is 10.2 Å². The minimum atomic E-state index is -0.0585. The number of aryl methyl sites for hydroxylation is 1. The van der Waals surface area contributed by atoms with Crippen LogP contribution in [0, 0.1) is 18.2 Å². The molecule has 1 spiro atoms. The van der Waals surface area contributed by atoms with Gasteiger partial charge in [-0.05, 0) is 57.3 Å². The summed E-state index contributed by atoms with van der Waals surface area (Å²) in [4.78, 5) is 2.43. The Bertz CT molecular complexity index is 458. The van der Waals surface area contributed by atoms with Gasteiger partial charge in [0.15, 0.2) is 0 Å². The molecule has 2 nitrogen and oxygen atoms in total. The second-order valence-corrected chi connectivity index (χ2v) is 6.31. The lowest BCUT2D eigenvalue weighted by atomic mass is 9.78. The van der Waals surface area contributed by atoms with Gasteiger partial charge in [0, 0.05) is 18.7 Å². The van der Waals surface area contributed by atoms with Gasteiger partial charge in [-0.25, -0.2) is 4.39 Å². The molecule has 4 heteroatoms. The van der Waals surface area contributed by atoms with Crippen LogP contribution in [-0.4, -0.2) is 31.1 Å². The Kier molecular flexibility index (Phi) is 5.05. The van der Waals surface area contributed by atoms with Crippen LogP contribution in [0.2, 0.25) is 0 Å². The van der Waals surface area contributed by atoms with Gasteiger partial charge >= 0.3 is 0 Å². The van der Waals surface area contributed by atoms with Crippen LogP contribution >= 0.6 is 12.4 Å². The molecular weight excluding hydrogens is 275 g/mol. The maximum atomic E-state index is 13.8. The van der Waals surface area contributed by atoms with Gasteiger partial charge < -0.3 is 5.32 Å². The maximum absolute atomic E-state index is 13.8. The first-order valence-electron chi connectivity index (χ1n) is 7.35. The molecule has 0 unspecified atom stereocenters. The smallest absolute Gasteiger partial charge is 0.127 e. The molecule has 2 aliphatic rings. The topological polar surface area (TPSA) is 15.3 Å². The van der Waals surface area contributed by atoms with Crippen molar-refractivity contribution < 1.29 is 4.39 Å². The lowest BCUT2D eigenvalue weighted by molar-refractivity contribution is 0.193. The first-order valence-corrected chi connectivity index (χ1v) is 7.35. The number of benzene rings is 1. The van der Waals surface area contributed by atoms with Gasteiger partial charge in [-0.2, -0.15) is 0 Å². The molecule has 0 aromatic heterocycles. The highest BCUT2D eigenvalue weighted by Gasteiger charge is 2.38. The van der Waals surface area contributed by atoms with Crippen molar-refractivity contribution in [3.05, 3.63) is 35.1 Å². The van der Waals surface area contributed by atoms with Gasteiger partial charge in [-0.1, -0.05) is 17.7 Å². The van der Waals surface area contributed by atoms with Crippen LogP contribution in [0.15, 0.2) is 18.2 Å². The molecule has 0 radical (unpaired) electrons. The number of hydrogen-bond donors (Lipinski definition) is 1. The third-order valence-corrected chi connectivity index (χ3v) is 4.78. The summed E-state index contributed by atoms with van der Waals surface area (Å²) in [6, 6.07) is 5.43. The Morgan fingerprint density at radius 2 is 2.00 bits per heavy atom. The number of nitrogens with one attached hydrogen (secondary N) is 1. The van der Waals surface area contributed by atoms with Crippen LogP contribution in [0.25, 0.3) is 0 Å². The molecule has 0 amide bonds. The molecule has 2 saturated heterocycles. The molecule has 112 valence electrons. The van der Waals surface area contributed by atoms with Crippen LogP contribution in [0.3, 0.4) is 0 Å². The lowest BCUT2D eigenvalue weighted by Gasteiger charge is -2.34. The minimum absolute atomic E-state index is 0. The molecule has 0 aliphatic carbocycles. The first kappa shape index (κ1) is 15.7. The zero-order chi connectivity index (χ0) is 13.3. The third kappa shape index (κ3) is 3.33. The summed E-state index contributed by atoms with van der Waals surface area (Å²) in [7, 11) is 0. The Hall–Kier alpha value is -0.640. The number of hydrogen-bond acceptors (Lipinski definition) is 2. The largest absolute Gasteiger partial charge is 0.317 e. The molecule has 0 saturated carbocycles. The molecule has 0 atom stereocenters. The van der Waals surface area contributed by atoms with E-state index in [-0.39, 0.29) is 18.2 Å². The van der Waals surface area contributed by atoms with Crippen molar-refractivity contribution in [2.45, 2.75) is 32.7 Å². The van der Waals surface area contributed by atoms with Crippen molar-refractivity contribution in [2.24, 2.45) is 5.41 Å². The van der Waals surface area contributed by atoms with Gasteiger partial charge in [-0.3, -0.25) is 4.90 Å². The van der Waals surface area contributed by atoms with E-state index in [0.29, 0.717) is 5.41 Å². The predicted octanol–water partition coefficient (Wildman–Crippen LogP) is 3.13. The first-order chi connectivity index (χ1) is 9.17. The molecule has 2 heterocycles. The maximum Gasteiger partial charge on any atom is 0.127 e. The highest BCUT2D eigenvalue weighted by molar-refractivity contribution is 5.85. The van der Waals surface area contributed by atoms with E-state index >= 15 is 0 Å². The molecule has 1 aromatic rings. The fraction of sp³-hybridized carbons (Fsp3) is 0.625. The summed E-state index contributed by atoms with van der Waals surface area (Å²) in [6.45, 7) is 7.35. The van der Waals surface area contributed by atoms with Gasteiger partial charge in [0.2, 0.25) is 0 Å². The SMILES string of the molecule is Cc1ccc(F)c(CN2CCC3(CCNCC3)C2)c1.Cl. The van der Waals surface area contributed by atoms with E-state index in [9.17, 15) is 4.39 Å². The predicted molar refractivity (Wildman–Crippen MR) is 82.8 cm³/mol. The Morgan fingerprint density at radius 1 is 1.25 bits per heavy atom. The lowest BCUT2D eigenvalue weighted by Crippen LogP contribution is -2.38. The summed E-state index contributed by atoms with van der Waals surface area (Å²) in [5.74, 6) is -0.0585. The van der Waals surface area contributed by atoms with Crippen LogP contribution in [0.1, 0.15) is 30.4 Å². The normalized spacial score (nSPS) is 21.9. The van der Waals surface area contributed by atoms with Crippen LogP contribution in [-0.2, 0) is 6.54 Å². The highest BCUT2D eigenvalue weighted by atomic mass is 35.5. The molecule has 20 heavy (non-hydrogen) atoms. The van der Waals surface area contributed by atoms with E-state index in [1.165, 1.54) is 19.3 Å². The number of rotatable bonds is 2. The van der Waals surface area contributed by atoms with E-state index in [1.807, 2.05) is 19.1 Å². The Morgan fingerprint density at radius 3 is 2.75 bits per heavy atom. The number of halogens is 2. The number of piperidine rings is 1. The van der Waals surface area contributed by atoms with E-state index in [1.54, 1.807) is 6.07 Å². The zero-order valence-electron chi connectivity index (χ0n) is 12.1. The minimum Gasteiger partial charge on any atom is -0.317 e. The fourth-order valence-electron chi connectivity index (χ4n) is 3.59. The molecule has 2 aliphatic heterocycles. The third-order valence-electron chi connectivity index (χ3n) is 4.78. The molecule has 1 N–H and O–H groups in total. The van der Waals surface area contributed by atoms with E-state index < -0.39 is 0 Å². The second kappa shape index (κ2) is 6.42. The monoisotopic (exact) mass is 298 g/mol. The summed E-state index contributed by atoms with van der Waals surface area (Å²) < 4.78 is 13.8. The Balaban J connectivity index is 0.00000147. The van der Waals surface area contributed by atoms with E-state index in [2.05, 4.69) is 10.2 Å². The van der Waals surface area contributed by atoms with Crippen molar-refractivity contribution in [3.8, 4) is 0 Å². The molecule has 0 bridgehead atoms. The standard InChI is InChI=1S/C16H23FN2.ClH/c1-13-2-3-15(17)14(10-13)11-19-9-6-16(12-19)4-7-18-8-5-16;/h2-3,10,18H,4-9,11-12H2,1H3;1H. The van der Waals surface area contributed by atoms with Gasteiger partial charge in [-0.15, -0.1) is 12.4 Å². The van der Waals surface area contributed by atoms with Gasteiger partial charge in [0.05, 0.1) is 0 Å². The average molecular weight is 299 g/mol. The number of likely N-dealkylation sites (tertiary alicyclic amines) is 1. The quantitative estimate of drug-likeness (QED) is 0.902. The van der Waals surface area contributed by atoms with E-state index in [0.717, 1.165) is 43.9 Å². The average Bonchev–Trinajstić information content (AvgIpc) is 2.78. The van der Waals surface area contributed by atoms with Crippen molar-refractivity contribution >= 4 is 12.4 Å².